The first-order chi connectivity index (χ1) is 9.93. The third-order valence-corrected chi connectivity index (χ3v) is 3.35. The number of H-pyrrole nitrogens is 1. The third kappa shape index (κ3) is 3.05. The fourth-order valence-corrected chi connectivity index (χ4v) is 2.04. The summed E-state index contributed by atoms with van der Waals surface area (Å²) in [6.45, 7) is -0.499. The van der Waals surface area contributed by atoms with Crippen LogP contribution >= 0.6 is 15.9 Å². The van der Waals surface area contributed by atoms with Gasteiger partial charge in [0.15, 0.2) is 0 Å². The summed E-state index contributed by atoms with van der Waals surface area (Å²) >= 11 is 3.26. The van der Waals surface area contributed by atoms with Crippen LogP contribution in [0, 0.1) is 0 Å². The molecule has 0 aliphatic heterocycles. The van der Waals surface area contributed by atoms with Crippen molar-refractivity contribution in [3.63, 3.8) is 0 Å². The fraction of sp³-hybridized carbons (Fsp3) is 0.154. The molecule has 7 nitrogen and oxygen atoms in total. The van der Waals surface area contributed by atoms with Crippen molar-refractivity contribution >= 4 is 21.9 Å². The quantitative estimate of drug-likeness (QED) is 0.795. The van der Waals surface area contributed by atoms with Crippen LogP contribution in [0.3, 0.4) is 0 Å². The molecule has 0 aliphatic rings. The summed E-state index contributed by atoms with van der Waals surface area (Å²) in [5.74, 6) is -1.31. The number of halogens is 1. The van der Waals surface area contributed by atoms with Gasteiger partial charge in [0.1, 0.15) is 12.1 Å². The molecule has 0 saturated carbocycles. The van der Waals surface area contributed by atoms with Crippen LogP contribution in [0.15, 0.2) is 38.3 Å². The van der Waals surface area contributed by atoms with Crippen molar-refractivity contribution in [3.8, 4) is 17.0 Å². The lowest BCUT2D eigenvalue weighted by Crippen LogP contribution is -2.33. The molecule has 0 spiro atoms. The van der Waals surface area contributed by atoms with E-state index >= 15 is 0 Å². The lowest BCUT2D eigenvalue weighted by molar-refractivity contribution is -0.141. The van der Waals surface area contributed by atoms with Gasteiger partial charge in [-0.15, -0.1) is 0 Å². The second-order valence-corrected chi connectivity index (χ2v) is 5.04. The summed E-state index contributed by atoms with van der Waals surface area (Å²) in [6, 6.07) is 6.57. The van der Waals surface area contributed by atoms with Gasteiger partial charge >= 0.3 is 11.7 Å². The number of carbonyl (C=O) groups is 1. The zero-order chi connectivity index (χ0) is 15.6. The van der Waals surface area contributed by atoms with Gasteiger partial charge in [-0.2, -0.15) is 0 Å². The van der Waals surface area contributed by atoms with Crippen molar-refractivity contribution in [2.24, 2.45) is 0 Å². The maximum atomic E-state index is 11.9. The lowest BCUT2D eigenvalue weighted by Gasteiger charge is -2.10. The van der Waals surface area contributed by atoms with Crippen molar-refractivity contribution in [2.75, 3.05) is 7.11 Å². The Morgan fingerprint density at radius 3 is 2.52 bits per heavy atom. The molecular weight excluding hydrogens is 344 g/mol. The summed E-state index contributed by atoms with van der Waals surface area (Å²) < 4.78 is 5.98. The van der Waals surface area contributed by atoms with E-state index in [1.165, 1.54) is 0 Å². The Kier molecular flexibility index (Phi) is 4.27. The smallest absolute Gasteiger partial charge is 0.331 e. The molecule has 0 unspecified atom stereocenters. The van der Waals surface area contributed by atoms with Gasteiger partial charge in [-0.3, -0.25) is 19.1 Å². The van der Waals surface area contributed by atoms with Gasteiger partial charge in [-0.25, -0.2) is 4.79 Å². The van der Waals surface area contributed by atoms with Crippen LogP contribution in [0.2, 0.25) is 0 Å². The first-order valence-corrected chi connectivity index (χ1v) is 6.62. The minimum atomic E-state index is -0.885. The molecule has 1 aromatic heterocycles. The Labute approximate surface area is 126 Å². The number of methoxy groups -OCH3 is 1. The Balaban J connectivity index is 2.64. The molecule has 1 aromatic carbocycles. The molecule has 110 valence electrons. The van der Waals surface area contributed by atoms with Crippen molar-refractivity contribution in [3.05, 3.63) is 49.6 Å². The van der Waals surface area contributed by atoms with Crippen LogP contribution in [-0.2, 0) is 16.1 Å². The number of hydrogen-bond acceptors (Lipinski definition) is 5. The minimum absolute atomic E-state index is 0.0917. The normalized spacial score (nSPS) is 10.4. The topological polar surface area (TPSA) is 101 Å². The number of aromatic amines is 1. The van der Waals surface area contributed by atoms with Crippen LogP contribution < -0.4 is 11.2 Å². The monoisotopic (exact) mass is 354 g/mol. The summed E-state index contributed by atoms with van der Waals surface area (Å²) in [7, 11) is 1.16. The van der Waals surface area contributed by atoms with E-state index in [-0.39, 0.29) is 5.56 Å². The van der Waals surface area contributed by atoms with E-state index in [4.69, 9.17) is 0 Å². The fourth-order valence-electron chi connectivity index (χ4n) is 1.78. The van der Waals surface area contributed by atoms with E-state index in [1.54, 1.807) is 24.3 Å². The average Bonchev–Trinajstić information content (AvgIpc) is 2.45. The minimum Gasteiger partial charge on any atom is -0.494 e. The number of nitrogens with zero attached hydrogens (tertiary/aromatic N) is 1. The number of nitrogens with one attached hydrogen (secondary N) is 1. The number of rotatable bonds is 3. The van der Waals surface area contributed by atoms with Crippen LogP contribution in [0.5, 0.6) is 5.88 Å². The molecule has 21 heavy (non-hydrogen) atoms. The molecule has 0 saturated heterocycles. The maximum Gasteiger partial charge on any atom is 0.331 e. The Hall–Kier alpha value is -2.35. The molecule has 2 aromatic rings. The molecule has 0 atom stereocenters. The van der Waals surface area contributed by atoms with Gasteiger partial charge in [0, 0.05) is 4.47 Å². The lowest BCUT2D eigenvalue weighted by atomic mass is 10.1. The molecule has 0 fully saturated rings. The second-order valence-electron chi connectivity index (χ2n) is 4.13. The molecule has 2 rings (SSSR count). The number of benzene rings is 1. The number of ether oxygens (including phenoxy) is 1. The molecule has 0 radical (unpaired) electrons. The molecule has 8 heteroatoms. The van der Waals surface area contributed by atoms with Gasteiger partial charge in [-0.05, 0) is 17.7 Å². The molecular formula is C13H11BrN2O5. The molecule has 0 amide bonds. The third-order valence-electron chi connectivity index (χ3n) is 2.82. The first-order valence-electron chi connectivity index (χ1n) is 5.83. The van der Waals surface area contributed by atoms with E-state index in [9.17, 15) is 19.5 Å². The maximum absolute atomic E-state index is 11.9. The van der Waals surface area contributed by atoms with E-state index < -0.39 is 29.6 Å². The van der Waals surface area contributed by atoms with Gasteiger partial charge < -0.3 is 9.84 Å². The predicted octanol–water partition coefficient (Wildman–Crippen LogP) is 0.845. The summed E-state index contributed by atoms with van der Waals surface area (Å²) in [6.07, 6.45) is 0. The van der Waals surface area contributed by atoms with Crippen molar-refractivity contribution in [1.29, 1.82) is 0 Å². The summed E-state index contributed by atoms with van der Waals surface area (Å²) in [5.41, 5.74) is -1.30. The highest BCUT2D eigenvalue weighted by molar-refractivity contribution is 9.10. The van der Waals surface area contributed by atoms with Crippen molar-refractivity contribution in [2.45, 2.75) is 6.54 Å². The predicted molar refractivity (Wildman–Crippen MR) is 78.1 cm³/mol. The Morgan fingerprint density at radius 1 is 1.33 bits per heavy atom. The highest BCUT2D eigenvalue weighted by atomic mass is 79.9. The number of aromatic hydroxyl groups is 1. The molecule has 0 aliphatic carbocycles. The van der Waals surface area contributed by atoms with E-state index in [0.29, 0.717) is 5.56 Å². The van der Waals surface area contributed by atoms with E-state index in [2.05, 4.69) is 25.7 Å². The highest BCUT2D eigenvalue weighted by Crippen LogP contribution is 2.25. The van der Waals surface area contributed by atoms with Crippen LogP contribution in [0.1, 0.15) is 0 Å². The van der Waals surface area contributed by atoms with Gasteiger partial charge in [0.25, 0.3) is 5.56 Å². The number of carbonyl (C=O) groups excluding carboxylic acids is 1. The number of aromatic nitrogens is 2. The largest absolute Gasteiger partial charge is 0.494 e. The van der Waals surface area contributed by atoms with Gasteiger partial charge in [0.2, 0.25) is 5.88 Å². The van der Waals surface area contributed by atoms with Crippen LogP contribution in [0.25, 0.3) is 11.1 Å². The number of esters is 1. The molecule has 0 bridgehead atoms. The van der Waals surface area contributed by atoms with Crippen LogP contribution in [0.4, 0.5) is 0 Å². The zero-order valence-electron chi connectivity index (χ0n) is 10.9. The average molecular weight is 355 g/mol. The van der Waals surface area contributed by atoms with Crippen molar-refractivity contribution < 1.29 is 14.6 Å². The Bertz CT molecular complexity index is 792. The van der Waals surface area contributed by atoms with Gasteiger partial charge in [-0.1, -0.05) is 28.1 Å². The molecule has 1 heterocycles. The second kappa shape index (κ2) is 5.96. The molecule has 2 N–H and O–H groups in total. The summed E-state index contributed by atoms with van der Waals surface area (Å²) in [4.78, 5) is 36.9. The summed E-state index contributed by atoms with van der Waals surface area (Å²) in [5, 5.41) is 10.1. The number of hydrogen-bond donors (Lipinski definition) is 2. The standard InChI is InChI=1S/C13H11BrN2O5/c1-21-9(17)6-16-12(19)10(11(18)15-13(16)20)7-2-4-8(14)5-3-7/h2-5,19H,6H2,1H3,(H,15,18,20). The van der Waals surface area contributed by atoms with Gasteiger partial charge in [0.05, 0.1) is 7.11 Å². The van der Waals surface area contributed by atoms with E-state index in [1.807, 2.05) is 0 Å². The zero-order valence-corrected chi connectivity index (χ0v) is 12.5. The first kappa shape index (κ1) is 15.0. The Morgan fingerprint density at radius 2 is 1.95 bits per heavy atom. The van der Waals surface area contributed by atoms with Crippen molar-refractivity contribution in [1.82, 2.24) is 9.55 Å². The highest BCUT2D eigenvalue weighted by Gasteiger charge is 2.17. The van der Waals surface area contributed by atoms with E-state index in [0.717, 1.165) is 16.1 Å². The van der Waals surface area contributed by atoms with Crippen LogP contribution in [-0.4, -0.2) is 27.7 Å². The SMILES string of the molecule is COC(=O)Cn1c(O)c(-c2ccc(Br)cc2)c(=O)[nH]c1=O.